The second-order valence-electron chi connectivity index (χ2n) is 8.42. The summed E-state index contributed by atoms with van der Waals surface area (Å²) in [6.07, 6.45) is 2.27. The van der Waals surface area contributed by atoms with Gasteiger partial charge in [-0.25, -0.2) is 9.97 Å². The third kappa shape index (κ3) is 5.90. The molecule has 4 rings (SSSR count). The summed E-state index contributed by atoms with van der Waals surface area (Å²) in [5.41, 5.74) is -0.344. The molecule has 0 aliphatic heterocycles. The van der Waals surface area contributed by atoms with Crippen LogP contribution in [0.3, 0.4) is 0 Å². The van der Waals surface area contributed by atoms with E-state index in [1.165, 1.54) is 24.4 Å². The molecule has 39 heavy (non-hydrogen) atoms. The summed E-state index contributed by atoms with van der Waals surface area (Å²) < 4.78 is 13.1. The van der Waals surface area contributed by atoms with Gasteiger partial charge in [0, 0.05) is 34.2 Å². The molecule has 0 amide bonds. The molecule has 2 heterocycles. The summed E-state index contributed by atoms with van der Waals surface area (Å²) in [7, 11) is 0. The topological polar surface area (TPSA) is 165 Å². The van der Waals surface area contributed by atoms with Gasteiger partial charge in [-0.05, 0) is 31.2 Å². The quantitative estimate of drug-likeness (QED) is 0.136. The molecule has 0 aliphatic rings. The Kier molecular flexibility index (Phi) is 7.95. The minimum atomic E-state index is -0.665. The molecule has 0 saturated carbocycles. The minimum absolute atomic E-state index is 0.0188. The molecule has 14 heteroatoms. The maximum Gasteiger partial charge on any atom is 0.316 e. The van der Waals surface area contributed by atoms with Crippen LogP contribution in [0.15, 0.2) is 63.0 Å². The van der Waals surface area contributed by atoms with E-state index in [-0.39, 0.29) is 41.2 Å². The first kappa shape index (κ1) is 27.3. The van der Waals surface area contributed by atoms with Crippen LogP contribution in [0, 0.1) is 20.2 Å². The second kappa shape index (κ2) is 11.3. The molecule has 0 fully saturated rings. The van der Waals surface area contributed by atoms with Gasteiger partial charge in [-0.1, -0.05) is 29.8 Å². The lowest BCUT2D eigenvalue weighted by Crippen LogP contribution is -2.23. The molecule has 2 aromatic carbocycles. The largest absolute Gasteiger partial charge is 0.490 e. The van der Waals surface area contributed by atoms with E-state index in [4.69, 9.17) is 9.47 Å². The minimum Gasteiger partial charge on any atom is -0.490 e. The Hall–Kier alpha value is -4.72. The summed E-state index contributed by atoms with van der Waals surface area (Å²) >= 11 is 3.36. The zero-order valence-corrected chi connectivity index (χ0v) is 22.5. The number of nitro groups is 2. The summed E-state index contributed by atoms with van der Waals surface area (Å²) in [5.74, 6) is -0.0634. The van der Waals surface area contributed by atoms with Crippen LogP contribution in [0.4, 0.5) is 11.4 Å². The highest BCUT2D eigenvalue weighted by Crippen LogP contribution is 2.41. The van der Waals surface area contributed by atoms with Gasteiger partial charge in [-0.15, -0.1) is 0 Å². The van der Waals surface area contributed by atoms with E-state index in [0.717, 1.165) is 16.9 Å². The normalized spacial score (nSPS) is 11.3. The summed E-state index contributed by atoms with van der Waals surface area (Å²) in [4.78, 5) is 43.3. The van der Waals surface area contributed by atoms with Crippen LogP contribution in [-0.2, 0) is 0 Å². The van der Waals surface area contributed by atoms with E-state index in [9.17, 15) is 25.0 Å². The number of pyridine rings is 1. The number of fused-ring (bicyclic) bond motifs is 1. The number of benzene rings is 2. The standard InChI is InChI=1S/C25H21BrN6O7/c1-4-38-21-10-15(9-20(32(36)37)23(21)39-22-8-6-17(13-27-22)31(34)35)12-28-30-24(14(2)3)29-19-7-5-16(26)11-18(19)25(30)33/h5-14H,4H2,1-3H3. The van der Waals surface area contributed by atoms with Crippen molar-refractivity contribution < 1.29 is 19.3 Å². The highest BCUT2D eigenvalue weighted by Gasteiger charge is 2.24. The monoisotopic (exact) mass is 596 g/mol. The van der Waals surface area contributed by atoms with Crippen molar-refractivity contribution in [3.05, 3.63) is 95.1 Å². The molecule has 2 aromatic heterocycles. The highest BCUT2D eigenvalue weighted by atomic mass is 79.9. The van der Waals surface area contributed by atoms with Crippen LogP contribution < -0.4 is 15.0 Å². The lowest BCUT2D eigenvalue weighted by atomic mass is 10.1. The Morgan fingerprint density at radius 2 is 1.90 bits per heavy atom. The van der Waals surface area contributed by atoms with Gasteiger partial charge in [-0.3, -0.25) is 25.0 Å². The Balaban J connectivity index is 1.80. The number of nitro benzene ring substituents is 1. The highest BCUT2D eigenvalue weighted by molar-refractivity contribution is 9.10. The second-order valence-corrected chi connectivity index (χ2v) is 9.33. The fourth-order valence-electron chi connectivity index (χ4n) is 3.60. The Morgan fingerprint density at radius 1 is 1.13 bits per heavy atom. The van der Waals surface area contributed by atoms with Crippen LogP contribution in [0.2, 0.25) is 0 Å². The van der Waals surface area contributed by atoms with Gasteiger partial charge in [-0.2, -0.15) is 9.78 Å². The van der Waals surface area contributed by atoms with Crippen molar-refractivity contribution in [2.24, 2.45) is 5.10 Å². The summed E-state index contributed by atoms with van der Waals surface area (Å²) in [6.45, 7) is 5.58. The average molecular weight is 597 g/mol. The third-order valence-corrected chi connectivity index (χ3v) is 5.86. The molecule has 0 atom stereocenters. The van der Waals surface area contributed by atoms with Gasteiger partial charge in [0.15, 0.2) is 5.75 Å². The number of halogens is 1. The first-order chi connectivity index (χ1) is 18.6. The van der Waals surface area contributed by atoms with E-state index in [1.807, 2.05) is 13.8 Å². The SMILES string of the molecule is CCOc1cc(C=Nn2c(C(C)C)nc3ccc(Br)cc3c2=O)cc([N+](=O)[O-])c1Oc1ccc([N+](=O)[O-])cn1. The van der Waals surface area contributed by atoms with Gasteiger partial charge >= 0.3 is 5.69 Å². The van der Waals surface area contributed by atoms with Crippen LogP contribution >= 0.6 is 15.9 Å². The van der Waals surface area contributed by atoms with Crippen molar-refractivity contribution in [3.63, 3.8) is 0 Å². The molecule has 4 aromatic rings. The summed E-state index contributed by atoms with van der Waals surface area (Å²) in [6, 6.07) is 10.2. The van der Waals surface area contributed by atoms with E-state index in [2.05, 4.69) is 31.0 Å². The maximum absolute atomic E-state index is 13.3. The Bertz CT molecular complexity index is 1670. The predicted octanol–water partition coefficient (Wildman–Crippen LogP) is 5.57. The molecule has 0 bridgehead atoms. The van der Waals surface area contributed by atoms with Crippen molar-refractivity contribution in [3.8, 4) is 17.4 Å². The predicted molar refractivity (Wildman–Crippen MR) is 146 cm³/mol. The fraction of sp³-hybridized carbons (Fsp3) is 0.200. The number of rotatable bonds is 9. The molecule has 200 valence electrons. The van der Waals surface area contributed by atoms with Gasteiger partial charge in [0.25, 0.3) is 11.2 Å². The molecule has 0 saturated heterocycles. The van der Waals surface area contributed by atoms with Crippen molar-refractivity contribution in [2.45, 2.75) is 26.7 Å². The molecule has 0 unspecified atom stereocenters. The lowest BCUT2D eigenvalue weighted by Gasteiger charge is -2.13. The average Bonchev–Trinajstić information content (AvgIpc) is 2.89. The number of hydrogen-bond acceptors (Lipinski definition) is 10. The van der Waals surface area contributed by atoms with E-state index in [0.29, 0.717) is 21.2 Å². The number of nitrogens with zero attached hydrogens (tertiary/aromatic N) is 6. The molecular weight excluding hydrogens is 576 g/mol. The van der Waals surface area contributed by atoms with Crippen LogP contribution in [0.1, 0.15) is 38.1 Å². The summed E-state index contributed by atoms with van der Waals surface area (Å²) in [5, 5.41) is 27.5. The fourth-order valence-corrected chi connectivity index (χ4v) is 3.97. The van der Waals surface area contributed by atoms with Crippen molar-refractivity contribution >= 4 is 44.4 Å². The van der Waals surface area contributed by atoms with Gasteiger partial charge in [0.05, 0.1) is 33.6 Å². The molecule has 0 spiro atoms. The van der Waals surface area contributed by atoms with Crippen LogP contribution in [-0.4, -0.2) is 37.3 Å². The van der Waals surface area contributed by atoms with Crippen molar-refractivity contribution in [1.82, 2.24) is 14.6 Å². The molecule has 13 nitrogen and oxygen atoms in total. The van der Waals surface area contributed by atoms with Crippen molar-refractivity contribution in [2.75, 3.05) is 6.61 Å². The maximum atomic E-state index is 13.3. The first-order valence-electron chi connectivity index (χ1n) is 11.6. The number of ether oxygens (including phenoxy) is 2. The molecular formula is C25H21BrN6O7. The molecule has 0 radical (unpaired) electrons. The van der Waals surface area contributed by atoms with Crippen LogP contribution in [0.5, 0.6) is 17.4 Å². The molecule has 0 N–H and O–H groups in total. The van der Waals surface area contributed by atoms with Gasteiger partial charge in [0.2, 0.25) is 11.6 Å². The number of hydrogen-bond donors (Lipinski definition) is 0. The number of aromatic nitrogens is 3. The lowest BCUT2D eigenvalue weighted by molar-refractivity contribution is -0.385. The van der Waals surface area contributed by atoms with Gasteiger partial charge < -0.3 is 9.47 Å². The zero-order valence-electron chi connectivity index (χ0n) is 20.9. The van der Waals surface area contributed by atoms with E-state index < -0.39 is 21.1 Å². The smallest absolute Gasteiger partial charge is 0.316 e. The molecule has 0 aliphatic carbocycles. The Labute approximate surface area is 229 Å². The first-order valence-corrected chi connectivity index (χ1v) is 12.4. The third-order valence-electron chi connectivity index (χ3n) is 5.36. The van der Waals surface area contributed by atoms with Gasteiger partial charge in [0.1, 0.15) is 12.0 Å². The zero-order chi connectivity index (χ0) is 28.3. The van der Waals surface area contributed by atoms with Crippen molar-refractivity contribution in [1.29, 1.82) is 0 Å². The van der Waals surface area contributed by atoms with E-state index in [1.54, 1.807) is 25.1 Å². The Morgan fingerprint density at radius 3 is 2.51 bits per heavy atom. The van der Waals surface area contributed by atoms with Crippen LogP contribution in [0.25, 0.3) is 10.9 Å². The van der Waals surface area contributed by atoms with E-state index >= 15 is 0 Å².